The minimum Gasteiger partial charge on any atom is -0.496 e. The third kappa shape index (κ3) is 4.35. The van der Waals surface area contributed by atoms with Crippen molar-refractivity contribution in [2.75, 3.05) is 26.5 Å². The topological polar surface area (TPSA) is 113 Å². The molecule has 0 spiro atoms. The Balaban J connectivity index is 1.81. The number of H-pyrrole nitrogens is 1. The molecule has 4 N–H and O–H groups in total. The number of benzene rings is 2. The highest BCUT2D eigenvalue weighted by atomic mass is 16.5. The molecule has 0 radical (unpaired) electrons. The van der Waals surface area contributed by atoms with Crippen LogP contribution in [0.15, 0.2) is 60.9 Å². The fourth-order valence-electron chi connectivity index (χ4n) is 3.75. The highest BCUT2D eigenvalue weighted by Gasteiger charge is 2.19. The van der Waals surface area contributed by atoms with E-state index in [9.17, 15) is 9.59 Å². The number of carbonyl (C=O) groups excluding carboxylic acids is 2. The second kappa shape index (κ2) is 9.36. The van der Waals surface area contributed by atoms with Crippen molar-refractivity contribution in [1.29, 1.82) is 0 Å². The lowest BCUT2D eigenvalue weighted by Crippen LogP contribution is -2.33. The Morgan fingerprint density at radius 1 is 1.09 bits per heavy atom. The van der Waals surface area contributed by atoms with Crippen LogP contribution in [0.2, 0.25) is 0 Å². The molecule has 2 aromatic carbocycles. The number of nitrogens with two attached hydrogens (primary N) is 1. The number of hydrogen-bond donors (Lipinski definition) is 3. The highest BCUT2D eigenvalue weighted by Crippen LogP contribution is 2.36. The van der Waals surface area contributed by atoms with Crippen LogP contribution in [0.25, 0.3) is 33.3 Å². The Labute approximate surface area is 197 Å². The molecule has 8 nitrogen and oxygen atoms in total. The standard InChI is InChI=1S/C26H27N5O3/c1-15(27)25(32)30-22-10-9-16(11-20(22)26(33)31(2)3)17-12-19-21(14-29-24(19)28-13-17)18-7-5-6-8-23(18)34-4/h5-15H,27H2,1-4H3,(H,28,29)(H,30,32)/t15-/m1/s1. The first-order valence-corrected chi connectivity index (χ1v) is 10.8. The normalized spacial score (nSPS) is 11.8. The van der Waals surface area contributed by atoms with Crippen molar-refractivity contribution in [3.05, 3.63) is 66.5 Å². The predicted molar refractivity (Wildman–Crippen MR) is 134 cm³/mol. The molecule has 1 atom stereocenters. The molecule has 0 aliphatic rings. The van der Waals surface area contributed by atoms with E-state index in [1.807, 2.05) is 42.6 Å². The molecule has 0 fully saturated rings. The smallest absolute Gasteiger partial charge is 0.255 e. The molecular formula is C26H27N5O3. The fraction of sp³-hybridized carbons (Fsp3) is 0.192. The summed E-state index contributed by atoms with van der Waals surface area (Å²) in [5.74, 6) is 0.173. The van der Waals surface area contributed by atoms with Crippen LogP contribution in [-0.2, 0) is 4.79 Å². The molecular weight excluding hydrogens is 430 g/mol. The fourth-order valence-corrected chi connectivity index (χ4v) is 3.75. The summed E-state index contributed by atoms with van der Waals surface area (Å²) >= 11 is 0. The number of hydrogen-bond acceptors (Lipinski definition) is 5. The van der Waals surface area contributed by atoms with E-state index in [-0.39, 0.29) is 11.8 Å². The summed E-state index contributed by atoms with van der Waals surface area (Å²) in [6.07, 6.45) is 3.66. The summed E-state index contributed by atoms with van der Waals surface area (Å²) in [4.78, 5) is 34.3. The van der Waals surface area contributed by atoms with Crippen molar-refractivity contribution in [2.45, 2.75) is 13.0 Å². The van der Waals surface area contributed by atoms with Gasteiger partial charge in [-0.1, -0.05) is 24.3 Å². The number of methoxy groups -OCH3 is 1. The van der Waals surface area contributed by atoms with E-state index in [2.05, 4.69) is 15.3 Å². The molecule has 2 aromatic heterocycles. The van der Waals surface area contributed by atoms with Gasteiger partial charge in [-0.05, 0) is 36.8 Å². The third-order valence-corrected chi connectivity index (χ3v) is 5.59. The zero-order valence-electron chi connectivity index (χ0n) is 19.5. The monoisotopic (exact) mass is 457 g/mol. The molecule has 0 aliphatic heterocycles. The van der Waals surface area contributed by atoms with Gasteiger partial charge in [-0.2, -0.15) is 0 Å². The van der Waals surface area contributed by atoms with Crippen molar-refractivity contribution in [3.8, 4) is 28.0 Å². The summed E-state index contributed by atoms with van der Waals surface area (Å²) in [5, 5.41) is 3.67. The number of fused-ring (bicyclic) bond motifs is 1. The number of amides is 2. The minimum absolute atomic E-state index is 0.229. The number of aromatic nitrogens is 2. The van der Waals surface area contributed by atoms with Gasteiger partial charge in [0.1, 0.15) is 11.4 Å². The molecule has 2 amide bonds. The van der Waals surface area contributed by atoms with Gasteiger partial charge in [0.05, 0.1) is 24.4 Å². The van der Waals surface area contributed by atoms with Gasteiger partial charge in [-0.25, -0.2) is 4.98 Å². The quantitative estimate of drug-likeness (QED) is 0.406. The van der Waals surface area contributed by atoms with E-state index >= 15 is 0 Å². The molecule has 0 unspecified atom stereocenters. The first kappa shape index (κ1) is 23.0. The largest absolute Gasteiger partial charge is 0.496 e. The second-order valence-corrected chi connectivity index (χ2v) is 8.26. The number of ether oxygens (including phenoxy) is 1. The number of aromatic amines is 1. The number of nitrogens with zero attached hydrogens (tertiary/aromatic N) is 2. The Morgan fingerprint density at radius 2 is 1.85 bits per heavy atom. The molecule has 0 aliphatic carbocycles. The highest BCUT2D eigenvalue weighted by molar-refractivity contribution is 6.06. The molecule has 4 aromatic rings. The van der Waals surface area contributed by atoms with E-state index in [1.54, 1.807) is 46.5 Å². The number of anilines is 1. The van der Waals surface area contributed by atoms with Crippen LogP contribution in [0.3, 0.4) is 0 Å². The number of rotatable bonds is 6. The molecule has 174 valence electrons. The summed E-state index contributed by atoms with van der Waals surface area (Å²) in [6, 6.07) is 14.5. The van der Waals surface area contributed by atoms with Gasteiger partial charge < -0.3 is 25.7 Å². The summed E-state index contributed by atoms with van der Waals surface area (Å²) < 4.78 is 5.54. The van der Waals surface area contributed by atoms with Gasteiger partial charge in [-0.3, -0.25) is 9.59 Å². The van der Waals surface area contributed by atoms with Gasteiger partial charge in [0.2, 0.25) is 5.91 Å². The predicted octanol–water partition coefficient (Wildman–Crippen LogP) is 3.89. The van der Waals surface area contributed by atoms with E-state index in [1.165, 1.54) is 4.90 Å². The van der Waals surface area contributed by atoms with Gasteiger partial charge in [0.25, 0.3) is 5.91 Å². The average Bonchev–Trinajstić information content (AvgIpc) is 3.26. The maximum Gasteiger partial charge on any atom is 0.255 e. The second-order valence-electron chi connectivity index (χ2n) is 8.26. The third-order valence-electron chi connectivity index (χ3n) is 5.59. The summed E-state index contributed by atoms with van der Waals surface area (Å²) in [5.41, 5.74) is 10.8. The summed E-state index contributed by atoms with van der Waals surface area (Å²) in [7, 11) is 4.98. The molecule has 0 saturated carbocycles. The first-order chi connectivity index (χ1) is 16.3. The van der Waals surface area contributed by atoms with Gasteiger partial charge >= 0.3 is 0 Å². The Kier molecular flexibility index (Phi) is 6.34. The van der Waals surface area contributed by atoms with Crippen molar-refractivity contribution in [1.82, 2.24) is 14.9 Å². The van der Waals surface area contributed by atoms with Crippen LogP contribution in [-0.4, -0.2) is 53.9 Å². The van der Waals surface area contributed by atoms with Crippen LogP contribution in [0.4, 0.5) is 5.69 Å². The number of pyridine rings is 1. The number of carbonyl (C=O) groups is 2. The van der Waals surface area contributed by atoms with Crippen LogP contribution in [0.5, 0.6) is 5.75 Å². The zero-order valence-corrected chi connectivity index (χ0v) is 19.5. The Morgan fingerprint density at radius 3 is 2.56 bits per heavy atom. The zero-order chi connectivity index (χ0) is 24.4. The average molecular weight is 458 g/mol. The summed E-state index contributed by atoms with van der Waals surface area (Å²) in [6.45, 7) is 1.59. The molecule has 0 saturated heterocycles. The van der Waals surface area contributed by atoms with Crippen LogP contribution >= 0.6 is 0 Å². The van der Waals surface area contributed by atoms with Crippen molar-refractivity contribution in [3.63, 3.8) is 0 Å². The lowest BCUT2D eigenvalue weighted by molar-refractivity contribution is -0.117. The SMILES string of the molecule is COc1ccccc1-c1c[nH]c2ncc(-c3ccc(NC(=O)[C@@H](C)N)c(C(=O)N(C)C)c3)cc12. The van der Waals surface area contributed by atoms with E-state index in [0.717, 1.165) is 39.0 Å². The maximum absolute atomic E-state index is 12.9. The van der Waals surface area contributed by atoms with Crippen LogP contribution < -0.4 is 15.8 Å². The van der Waals surface area contributed by atoms with Crippen LogP contribution in [0, 0.1) is 0 Å². The van der Waals surface area contributed by atoms with Crippen molar-refractivity contribution < 1.29 is 14.3 Å². The minimum atomic E-state index is -0.699. The molecule has 0 bridgehead atoms. The van der Waals surface area contributed by atoms with Crippen LogP contribution in [0.1, 0.15) is 17.3 Å². The number of para-hydroxylation sites is 1. The van der Waals surface area contributed by atoms with Crippen molar-refractivity contribution in [2.24, 2.45) is 5.73 Å². The Bertz CT molecular complexity index is 1370. The lowest BCUT2D eigenvalue weighted by Gasteiger charge is -2.17. The molecule has 34 heavy (non-hydrogen) atoms. The number of nitrogens with one attached hydrogen (secondary N) is 2. The Hall–Kier alpha value is -4.17. The van der Waals surface area contributed by atoms with Gasteiger partial charge in [0, 0.05) is 48.6 Å². The van der Waals surface area contributed by atoms with E-state index < -0.39 is 6.04 Å². The maximum atomic E-state index is 12.9. The van der Waals surface area contributed by atoms with E-state index in [0.29, 0.717) is 11.3 Å². The van der Waals surface area contributed by atoms with Crippen molar-refractivity contribution >= 4 is 28.5 Å². The van der Waals surface area contributed by atoms with Gasteiger partial charge in [0.15, 0.2) is 0 Å². The van der Waals surface area contributed by atoms with E-state index in [4.69, 9.17) is 10.5 Å². The molecule has 2 heterocycles. The lowest BCUT2D eigenvalue weighted by atomic mass is 9.99. The molecule has 4 rings (SSSR count). The molecule has 8 heteroatoms. The van der Waals surface area contributed by atoms with Gasteiger partial charge in [-0.15, -0.1) is 0 Å². The first-order valence-electron chi connectivity index (χ1n) is 10.8.